The summed E-state index contributed by atoms with van der Waals surface area (Å²) in [6.45, 7) is 7.91. The summed E-state index contributed by atoms with van der Waals surface area (Å²) in [4.78, 5) is 24.2. The number of nitrogens with zero attached hydrogens (tertiary/aromatic N) is 4. The SMILES string of the molecule is CC[C@@H](C)[C@H](NC(=O)CSc1nnnn1-c1ccc(C)c(C)c1)C(=O)OC. The van der Waals surface area contributed by atoms with Gasteiger partial charge in [-0.05, 0) is 53.5 Å². The number of ether oxygens (including phenoxy) is 1. The molecule has 2 aromatic rings. The minimum Gasteiger partial charge on any atom is -0.467 e. The number of aryl methyl sites for hydroxylation is 2. The van der Waals surface area contributed by atoms with Gasteiger partial charge in [-0.2, -0.15) is 4.68 Å². The predicted molar refractivity (Wildman–Crippen MR) is 103 cm³/mol. The smallest absolute Gasteiger partial charge is 0.328 e. The molecule has 146 valence electrons. The average Bonchev–Trinajstić information content (AvgIpc) is 3.14. The highest BCUT2D eigenvalue weighted by Crippen LogP contribution is 2.20. The van der Waals surface area contributed by atoms with Crippen molar-refractivity contribution in [3.63, 3.8) is 0 Å². The maximum absolute atomic E-state index is 12.3. The van der Waals surface area contributed by atoms with Crippen LogP contribution in [0.15, 0.2) is 23.4 Å². The summed E-state index contributed by atoms with van der Waals surface area (Å²) in [5.41, 5.74) is 3.14. The molecule has 1 heterocycles. The lowest BCUT2D eigenvalue weighted by Crippen LogP contribution is -2.46. The molecule has 0 radical (unpaired) electrons. The van der Waals surface area contributed by atoms with Gasteiger partial charge in [0.1, 0.15) is 6.04 Å². The Bertz CT molecular complexity index is 808. The van der Waals surface area contributed by atoms with Crippen LogP contribution in [0.5, 0.6) is 0 Å². The Labute approximate surface area is 163 Å². The molecule has 1 aromatic heterocycles. The van der Waals surface area contributed by atoms with Crippen LogP contribution >= 0.6 is 11.8 Å². The molecule has 2 rings (SSSR count). The van der Waals surface area contributed by atoms with Crippen molar-refractivity contribution >= 4 is 23.6 Å². The number of methoxy groups -OCH3 is 1. The number of benzene rings is 1. The highest BCUT2D eigenvalue weighted by molar-refractivity contribution is 7.99. The van der Waals surface area contributed by atoms with Crippen LogP contribution in [0.3, 0.4) is 0 Å². The fourth-order valence-electron chi connectivity index (χ4n) is 2.43. The Morgan fingerprint density at radius 3 is 2.67 bits per heavy atom. The summed E-state index contributed by atoms with van der Waals surface area (Å²) >= 11 is 1.21. The van der Waals surface area contributed by atoms with Gasteiger partial charge in [0.2, 0.25) is 11.1 Å². The molecule has 9 heteroatoms. The average molecular weight is 391 g/mol. The Morgan fingerprint density at radius 1 is 1.30 bits per heavy atom. The molecule has 0 unspecified atom stereocenters. The molecule has 0 aliphatic rings. The minimum absolute atomic E-state index is 0.0211. The van der Waals surface area contributed by atoms with Gasteiger partial charge in [-0.3, -0.25) is 4.79 Å². The van der Waals surface area contributed by atoms with Gasteiger partial charge in [-0.1, -0.05) is 38.1 Å². The van der Waals surface area contributed by atoms with Crippen molar-refractivity contribution in [3.05, 3.63) is 29.3 Å². The van der Waals surface area contributed by atoms with E-state index in [2.05, 4.69) is 20.8 Å². The van der Waals surface area contributed by atoms with Crippen LogP contribution in [-0.4, -0.2) is 51.0 Å². The van der Waals surface area contributed by atoms with E-state index in [9.17, 15) is 9.59 Å². The first kappa shape index (κ1) is 20.9. The summed E-state index contributed by atoms with van der Waals surface area (Å²) in [5, 5.41) is 15.0. The number of hydrogen-bond acceptors (Lipinski definition) is 7. The quantitative estimate of drug-likeness (QED) is 0.543. The fraction of sp³-hybridized carbons (Fsp3) is 0.500. The maximum Gasteiger partial charge on any atom is 0.328 e. The van der Waals surface area contributed by atoms with Gasteiger partial charge in [0, 0.05) is 0 Å². The summed E-state index contributed by atoms with van der Waals surface area (Å²) in [6.07, 6.45) is 0.748. The normalized spacial score (nSPS) is 13.1. The van der Waals surface area contributed by atoms with E-state index in [4.69, 9.17) is 4.74 Å². The summed E-state index contributed by atoms with van der Waals surface area (Å²) in [6, 6.07) is 5.26. The molecule has 1 amide bonds. The molecular weight excluding hydrogens is 366 g/mol. The van der Waals surface area contributed by atoms with E-state index < -0.39 is 12.0 Å². The van der Waals surface area contributed by atoms with Crippen molar-refractivity contribution in [2.75, 3.05) is 12.9 Å². The molecule has 0 spiro atoms. The van der Waals surface area contributed by atoms with Gasteiger partial charge >= 0.3 is 5.97 Å². The molecule has 1 N–H and O–H groups in total. The predicted octanol–water partition coefficient (Wildman–Crippen LogP) is 2.08. The van der Waals surface area contributed by atoms with Crippen LogP contribution in [0, 0.1) is 19.8 Å². The van der Waals surface area contributed by atoms with Crippen LogP contribution in [0.25, 0.3) is 5.69 Å². The van der Waals surface area contributed by atoms with Crippen molar-refractivity contribution in [1.29, 1.82) is 0 Å². The van der Waals surface area contributed by atoms with Crippen molar-refractivity contribution in [2.45, 2.75) is 45.3 Å². The molecule has 27 heavy (non-hydrogen) atoms. The number of thioether (sulfide) groups is 1. The Morgan fingerprint density at radius 2 is 2.04 bits per heavy atom. The number of rotatable bonds is 8. The standard InChI is InChI=1S/C18H25N5O3S/c1-6-11(2)16(17(25)26-5)19-15(24)10-27-18-20-21-22-23(18)14-8-7-12(3)13(4)9-14/h7-9,11,16H,6,10H2,1-5H3,(H,19,24)/t11-,16+/m1/s1. The lowest BCUT2D eigenvalue weighted by Gasteiger charge is -2.21. The lowest BCUT2D eigenvalue weighted by molar-refractivity contribution is -0.146. The van der Waals surface area contributed by atoms with Gasteiger partial charge in [-0.25, -0.2) is 4.79 Å². The third-order valence-corrected chi connectivity index (χ3v) is 5.41. The Balaban J connectivity index is 2.04. The van der Waals surface area contributed by atoms with Crippen molar-refractivity contribution < 1.29 is 14.3 Å². The second kappa shape index (κ2) is 9.50. The van der Waals surface area contributed by atoms with E-state index in [0.717, 1.165) is 17.7 Å². The van der Waals surface area contributed by atoms with Gasteiger partial charge < -0.3 is 10.1 Å². The second-order valence-electron chi connectivity index (χ2n) is 6.38. The summed E-state index contributed by atoms with van der Waals surface area (Å²) in [5.74, 6) is -0.643. The number of carbonyl (C=O) groups excluding carboxylic acids is 2. The molecule has 0 saturated carbocycles. The maximum atomic E-state index is 12.3. The van der Waals surface area contributed by atoms with Crippen LogP contribution in [0.2, 0.25) is 0 Å². The molecule has 2 atom stereocenters. The van der Waals surface area contributed by atoms with Gasteiger partial charge in [0.25, 0.3) is 0 Å². The van der Waals surface area contributed by atoms with Crippen LogP contribution in [0.1, 0.15) is 31.4 Å². The number of nitrogens with one attached hydrogen (secondary N) is 1. The van der Waals surface area contributed by atoms with E-state index in [0.29, 0.717) is 5.16 Å². The molecule has 0 saturated heterocycles. The largest absolute Gasteiger partial charge is 0.467 e. The third-order valence-electron chi connectivity index (χ3n) is 4.49. The first-order chi connectivity index (χ1) is 12.9. The zero-order chi connectivity index (χ0) is 20.0. The molecular formula is C18H25N5O3S. The summed E-state index contributed by atoms with van der Waals surface area (Å²) in [7, 11) is 1.32. The Kier molecular flexibility index (Phi) is 7.35. The second-order valence-corrected chi connectivity index (χ2v) is 7.33. The molecule has 0 aliphatic carbocycles. The van der Waals surface area contributed by atoms with Crippen LogP contribution < -0.4 is 5.32 Å². The third kappa shape index (κ3) is 5.29. The highest BCUT2D eigenvalue weighted by Gasteiger charge is 2.26. The molecule has 1 aromatic carbocycles. The van der Waals surface area contributed by atoms with Crippen LogP contribution in [-0.2, 0) is 14.3 Å². The number of hydrogen-bond donors (Lipinski definition) is 1. The molecule has 0 fully saturated rings. The van der Waals surface area contributed by atoms with Crippen molar-refractivity contribution in [3.8, 4) is 5.69 Å². The molecule has 0 aliphatic heterocycles. The zero-order valence-electron chi connectivity index (χ0n) is 16.2. The van der Waals surface area contributed by atoms with E-state index in [1.165, 1.54) is 24.4 Å². The summed E-state index contributed by atoms with van der Waals surface area (Å²) < 4.78 is 6.38. The fourth-order valence-corrected chi connectivity index (χ4v) is 3.13. The van der Waals surface area contributed by atoms with E-state index in [1.807, 2.05) is 45.9 Å². The minimum atomic E-state index is -0.663. The number of amides is 1. The first-order valence-corrected chi connectivity index (χ1v) is 9.71. The molecule has 0 bridgehead atoms. The van der Waals surface area contributed by atoms with Gasteiger partial charge in [0.15, 0.2) is 0 Å². The highest BCUT2D eigenvalue weighted by atomic mass is 32.2. The number of tetrazole rings is 1. The topological polar surface area (TPSA) is 99.0 Å². The van der Waals surface area contributed by atoms with E-state index in [1.54, 1.807) is 4.68 Å². The van der Waals surface area contributed by atoms with E-state index >= 15 is 0 Å². The first-order valence-electron chi connectivity index (χ1n) is 8.73. The van der Waals surface area contributed by atoms with Gasteiger partial charge in [-0.15, -0.1) is 5.10 Å². The van der Waals surface area contributed by atoms with Crippen molar-refractivity contribution in [1.82, 2.24) is 25.5 Å². The van der Waals surface area contributed by atoms with Crippen molar-refractivity contribution in [2.24, 2.45) is 5.92 Å². The zero-order valence-corrected chi connectivity index (χ0v) is 17.0. The number of aromatic nitrogens is 4. The van der Waals surface area contributed by atoms with Crippen LogP contribution in [0.4, 0.5) is 0 Å². The number of esters is 1. The van der Waals surface area contributed by atoms with E-state index in [-0.39, 0.29) is 17.6 Å². The molecule has 8 nitrogen and oxygen atoms in total. The lowest BCUT2D eigenvalue weighted by atomic mass is 9.99. The number of carbonyl (C=O) groups is 2. The van der Waals surface area contributed by atoms with Gasteiger partial charge in [0.05, 0.1) is 18.6 Å². The monoisotopic (exact) mass is 391 g/mol. The Hall–Kier alpha value is -2.42.